The predicted octanol–water partition coefficient (Wildman–Crippen LogP) is 4.96. The monoisotopic (exact) mass is 394 g/mol. The van der Waals surface area contributed by atoms with Crippen molar-refractivity contribution in [1.82, 2.24) is 20.4 Å². The fourth-order valence-electron chi connectivity index (χ4n) is 2.52. The van der Waals surface area contributed by atoms with Crippen LogP contribution in [0.4, 0.5) is 0 Å². The molecule has 0 aliphatic rings. The molecule has 0 fully saturated rings. The maximum Gasteiger partial charge on any atom is 0.277 e. The molecule has 0 aliphatic heterocycles. The van der Waals surface area contributed by atoms with Crippen molar-refractivity contribution in [3.63, 3.8) is 0 Å². The Morgan fingerprint density at radius 3 is 2.11 bits per heavy atom. The van der Waals surface area contributed by atoms with Crippen molar-refractivity contribution in [2.24, 2.45) is 0 Å². The lowest BCUT2D eigenvalue weighted by molar-refractivity contribution is 0.415. The number of aromatic nitrogens is 4. The number of benzene rings is 2. The van der Waals surface area contributed by atoms with Crippen molar-refractivity contribution < 1.29 is 13.6 Å². The van der Waals surface area contributed by atoms with Gasteiger partial charge in [0.05, 0.1) is 12.4 Å². The molecule has 4 aromatic rings. The summed E-state index contributed by atoms with van der Waals surface area (Å²) in [5, 5.41) is 16.8. The second-order valence-corrected chi connectivity index (χ2v) is 7.47. The van der Waals surface area contributed by atoms with E-state index in [4.69, 9.17) is 13.6 Å². The van der Waals surface area contributed by atoms with Gasteiger partial charge in [-0.3, -0.25) is 0 Å². The van der Waals surface area contributed by atoms with Gasteiger partial charge in [-0.15, -0.1) is 20.4 Å². The Hall–Kier alpha value is -3.13. The van der Waals surface area contributed by atoms with Crippen LogP contribution in [0.2, 0.25) is 0 Å². The molecule has 2 heterocycles. The molecule has 0 N–H and O–H groups in total. The average molecular weight is 394 g/mol. The molecule has 8 heteroatoms. The SMILES string of the molecule is COc1ccc(-c2nnc([C@H](C)Sc3nnc(-c4ccc(C)cc4)o3)o2)cc1. The number of nitrogens with zero attached hydrogens (tertiary/aromatic N) is 4. The summed E-state index contributed by atoms with van der Waals surface area (Å²) >= 11 is 1.37. The molecule has 0 unspecified atom stereocenters. The molecule has 0 aliphatic carbocycles. The molecule has 0 bridgehead atoms. The van der Waals surface area contributed by atoms with Crippen molar-refractivity contribution in [2.45, 2.75) is 24.3 Å². The molecule has 142 valence electrons. The first-order valence-corrected chi connectivity index (χ1v) is 9.55. The van der Waals surface area contributed by atoms with Crippen LogP contribution in [0.15, 0.2) is 62.6 Å². The van der Waals surface area contributed by atoms with Crippen molar-refractivity contribution in [2.75, 3.05) is 7.11 Å². The maximum absolute atomic E-state index is 5.81. The Kier molecular flexibility index (Phi) is 5.12. The van der Waals surface area contributed by atoms with E-state index in [0.717, 1.165) is 16.9 Å². The minimum absolute atomic E-state index is 0.134. The van der Waals surface area contributed by atoms with E-state index in [0.29, 0.717) is 22.9 Å². The third-order valence-corrected chi connectivity index (χ3v) is 5.03. The maximum atomic E-state index is 5.81. The highest BCUT2D eigenvalue weighted by molar-refractivity contribution is 7.99. The number of thioether (sulfide) groups is 1. The zero-order valence-electron chi connectivity index (χ0n) is 15.6. The lowest BCUT2D eigenvalue weighted by atomic mass is 10.1. The number of methoxy groups -OCH3 is 1. The summed E-state index contributed by atoms with van der Waals surface area (Å²) < 4.78 is 16.7. The van der Waals surface area contributed by atoms with Gasteiger partial charge in [0, 0.05) is 11.1 Å². The van der Waals surface area contributed by atoms with Gasteiger partial charge in [-0.2, -0.15) is 0 Å². The highest BCUT2D eigenvalue weighted by Crippen LogP contribution is 2.35. The molecule has 0 amide bonds. The van der Waals surface area contributed by atoms with Gasteiger partial charge in [-0.1, -0.05) is 29.5 Å². The van der Waals surface area contributed by atoms with Crippen LogP contribution in [0.25, 0.3) is 22.9 Å². The second-order valence-electron chi connectivity index (χ2n) is 6.17. The Labute approximate surface area is 166 Å². The summed E-state index contributed by atoms with van der Waals surface area (Å²) in [5.41, 5.74) is 2.89. The molecule has 1 atom stereocenters. The first-order chi connectivity index (χ1) is 13.6. The van der Waals surface area contributed by atoms with Gasteiger partial charge in [-0.25, -0.2) is 0 Å². The number of rotatable bonds is 6. The molecule has 0 saturated heterocycles. The van der Waals surface area contributed by atoms with Gasteiger partial charge in [0.1, 0.15) is 5.75 Å². The standard InChI is InChI=1S/C20H18N4O3S/c1-12-4-6-14(7-5-12)19-23-24-20(27-19)28-13(2)17-21-22-18(26-17)15-8-10-16(25-3)11-9-15/h4-11,13H,1-3H3/t13-/m0/s1. The van der Waals surface area contributed by atoms with E-state index in [1.807, 2.05) is 62.4 Å². The van der Waals surface area contributed by atoms with Crippen molar-refractivity contribution in [1.29, 1.82) is 0 Å². The number of ether oxygens (including phenoxy) is 1. The van der Waals surface area contributed by atoms with E-state index >= 15 is 0 Å². The van der Waals surface area contributed by atoms with E-state index in [2.05, 4.69) is 20.4 Å². The Morgan fingerprint density at radius 2 is 1.43 bits per heavy atom. The van der Waals surface area contributed by atoms with Crippen molar-refractivity contribution in [3.05, 3.63) is 60.0 Å². The predicted molar refractivity (Wildman–Crippen MR) is 105 cm³/mol. The summed E-state index contributed by atoms with van der Waals surface area (Å²) in [6.45, 7) is 3.98. The van der Waals surface area contributed by atoms with E-state index in [1.54, 1.807) is 7.11 Å². The summed E-state index contributed by atoms with van der Waals surface area (Å²) in [7, 11) is 1.63. The van der Waals surface area contributed by atoms with E-state index < -0.39 is 0 Å². The van der Waals surface area contributed by atoms with E-state index in [9.17, 15) is 0 Å². The highest BCUT2D eigenvalue weighted by Gasteiger charge is 2.20. The largest absolute Gasteiger partial charge is 0.497 e. The van der Waals surface area contributed by atoms with E-state index in [1.165, 1.54) is 17.3 Å². The van der Waals surface area contributed by atoms with Crippen LogP contribution in [0.1, 0.15) is 23.6 Å². The van der Waals surface area contributed by atoms with Crippen LogP contribution in [-0.2, 0) is 0 Å². The average Bonchev–Trinajstić information content (AvgIpc) is 3.39. The lowest BCUT2D eigenvalue weighted by Gasteiger charge is -2.02. The minimum atomic E-state index is -0.134. The van der Waals surface area contributed by atoms with Crippen LogP contribution in [0, 0.1) is 6.92 Å². The minimum Gasteiger partial charge on any atom is -0.497 e. The fraction of sp³-hybridized carbons (Fsp3) is 0.200. The summed E-state index contributed by atoms with van der Waals surface area (Å²) in [6.07, 6.45) is 0. The smallest absolute Gasteiger partial charge is 0.277 e. The van der Waals surface area contributed by atoms with Gasteiger partial charge in [-0.05, 0) is 50.2 Å². The highest BCUT2D eigenvalue weighted by atomic mass is 32.2. The summed E-state index contributed by atoms with van der Waals surface area (Å²) in [6, 6.07) is 15.4. The van der Waals surface area contributed by atoms with Gasteiger partial charge in [0.15, 0.2) is 0 Å². The molecule has 0 saturated carbocycles. The lowest BCUT2D eigenvalue weighted by Crippen LogP contribution is -1.88. The second kappa shape index (κ2) is 7.85. The molecule has 2 aromatic heterocycles. The number of aryl methyl sites for hydroxylation is 1. The first kappa shape index (κ1) is 18.2. The van der Waals surface area contributed by atoms with Gasteiger partial charge >= 0.3 is 0 Å². The third-order valence-electron chi connectivity index (χ3n) is 4.11. The molecule has 4 rings (SSSR count). The van der Waals surface area contributed by atoms with Crippen LogP contribution < -0.4 is 4.74 Å². The van der Waals surface area contributed by atoms with E-state index in [-0.39, 0.29) is 5.25 Å². The molecule has 2 aromatic carbocycles. The van der Waals surface area contributed by atoms with Gasteiger partial charge in [0.25, 0.3) is 5.22 Å². The molecule has 0 spiro atoms. The summed E-state index contributed by atoms with van der Waals surface area (Å²) in [4.78, 5) is 0. The van der Waals surface area contributed by atoms with Crippen LogP contribution in [-0.4, -0.2) is 27.5 Å². The molecular formula is C20H18N4O3S. The van der Waals surface area contributed by atoms with Gasteiger partial charge < -0.3 is 13.6 Å². The van der Waals surface area contributed by atoms with Crippen LogP contribution in [0.5, 0.6) is 5.75 Å². The van der Waals surface area contributed by atoms with Crippen molar-refractivity contribution >= 4 is 11.8 Å². The number of hydrogen-bond acceptors (Lipinski definition) is 8. The fourth-order valence-corrected chi connectivity index (χ4v) is 3.23. The zero-order chi connectivity index (χ0) is 19.5. The summed E-state index contributed by atoms with van der Waals surface area (Å²) in [5.74, 6) is 2.20. The first-order valence-electron chi connectivity index (χ1n) is 8.67. The Balaban J connectivity index is 1.46. The third kappa shape index (κ3) is 3.91. The molecule has 7 nitrogen and oxygen atoms in total. The van der Waals surface area contributed by atoms with Crippen LogP contribution in [0.3, 0.4) is 0 Å². The molecule has 28 heavy (non-hydrogen) atoms. The van der Waals surface area contributed by atoms with Crippen LogP contribution >= 0.6 is 11.8 Å². The topological polar surface area (TPSA) is 87.1 Å². The van der Waals surface area contributed by atoms with Gasteiger partial charge in [0.2, 0.25) is 17.7 Å². The Bertz CT molecular complexity index is 1060. The Morgan fingerprint density at radius 1 is 0.821 bits per heavy atom. The normalized spacial score (nSPS) is 12.1. The zero-order valence-corrected chi connectivity index (χ0v) is 16.4. The molecular weight excluding hydrogens is 376 g/mol. The quantitative estimate of drug-likeness (QED) is 0.424. The van der Waals surface area contributed by atoms with Crippen molar-refractivity contribution in [3.8, 4) is 28.7 Å². The molecule has 0 radical (unpaired) electrons. The number of hydrogen-bond donors (Lipinski definition) is 0.